The Kier molecular flexibility index (Phi) is 5.57. The van der Waals surface area contributed by atoms with E-state index in [1.165, 1.54) is 0 Å². The summed E-state index contributed by atoms with van der Waals surface area (Å²) >= 11 is 0. The molecule has 0 radical (unpaired) electrons. The van der Waals surface area contributed by atoms with E-state index in [0.717, 1.165) is 36.3 Å². The van der Waals surface area contributed by atoms with Gasteiger partial charge in [-0.05, 0) is 50.1 Å². The van der Waals surface area contributed by atoms with Gasteiger partial charge >= 0.3 is 0 Å². The number of carbonyl (C=O) groups excluding carboxylic acids is 1. The van der Waals surface area contributed by atoms with E-state index in [1.807, 2.05) is 30.3 Å². The van der Waals surface area contributed by atoms with Crippen LogP contribution in [0.15, 0.2) is 36.5 Å². The average molecular weight is 321 g/mol. The first-order valence-corrected chi connectivity index (χ1v) is 7.36. The van der Waals surface area contributed by atoms with E-state index in [1.54, 1.807) is 6.20 Å². The fourth-order valence-corrected chi connectivity index (χ4v) is 2.76. The van der Waals surface area contributed by atoms with E-state index in [-0.39, 0.29) is 24.2 Å². The van der Waals surface area contributed by atoms with Crippen molar-refractivity contribution < 1.29 is 4.79 Å². The third-order valence-electron chi connectivity index (χ3n) is 3.96. The summed E-state index contributed by atoms with van der Waals surface area (Å²) in [5.41, 5.74) is 2.87. The Morgan fingerprint density at radius 3 is 2.68 bits per heavy atom. The largest absolute Gasteiger partial charge is 0.326 e. The summed E-state index contributed by atoms with van der Waals surface area (Å²) in [5.74, 6) is 0.228. The van der Waals surface area contributed by atoms with Crippen LogP contribution in [0.5, 0.6) is 0 Å². The molecule has 6 heteroatoms. The molecule has 0 bridgehead atoms. The number of benzene rings is 1. The third kappa shape index (κ3) is 3.87. The van der Waals surface area contributed by atoms with Gasteiger partial charge in [-0.15, -0.1) is 12.4 Å². The Morgan fingerprint density at radius 2 is 2.05 bits per heavy atom. The number of H-pyrrole nitrogens is 1. The minimum Gasteiger partial charge on any atom is -0.326 e. The zero-order valence-corrected chi connectivity index (χ0v) is 13.3. The third-order valence-corrected chi connectivity index (χ3v) is 3.96. The molecule has 2 heterocycles. The molecule has 1 aromatic heterocycles. The van der Waals surface area contributed by atoms with Crippen LogP contribution in [0, 0.1) is 5.92 Å². The van der Waals surface area contributed by atoms with E-state index in [2.05, 4.69) is 27.8 Å². The summed E-state index contributed by atoms with van der Waals surface area (Å²) in [5, 5.41) is 13.2. The molecule has 3 N–H and O–H groups in total. The summed E-state index contributed by atoms with van der Waals surface area (Å²) in [6.07, 6.45) is 3.53. The molecule has 1 aromatic carbocycles. The van der Waals surface area contributed by atoms with Crippen molar-refractivity contribution in [3.63, 3.8) is 0 Å². The molecule has 22 heavy (non-hydrogen) atoms. The monoisotopic (exact) mass is 320 g/mol. The molecule has 2 atom stereocenters. The second-order valence-corrected chi connectivity index (χ2v) is 5.61. The minimum absolute atomic E-state index is 0. The van der Waals surface area contributed by atoms with E-state index < -0.39 is 0 Å². The Balaban J connectivity index is 0.00000176. The molecular weight excluding hydrogens is 300 g/mol. The van der Waals surface area contributed by atoms with Crippen molar-refractivity contribution in [2.75, 3.05) is 11.9 Å². The highest BCUT2D eigenvalue weighted by Crippen LogP contribution is 2.21. The van der Waals surface area contributed by atoms with Gasteiger partial charge in [0, 0.05) is 23.8 Å². The molecule has 118 valence electrons. The number of nitrogens with zero attached hydrogens (tertiary/aromatic N) is 1. The lowest BCUT2D eigenvalue weighted by molar-refractivity contribution is -0.120. The maximum atomic E-state index is 12.3. The highest BCUT2D eigenvalue weighted by Gasteiger charge is 2.24. The topological polar surface area (TPSA) is 69.8 Å². The van der Waals surface area contributed by atoms with Crippen molar-refractivity contribution in [3.8, 4) is 11.3 Å². The predicted octanol–water partition coefficient (Wildman–Crippen LogP) is 2.83. The molecule has 1 aliphatic rings. The second-order valence-electron chi connectivity index (χ2n) is 5.61. The number of rotatable bonds is 3. The zero-order valence-electron chi connectivity index (χ0n) is 12.5. The Hall–Kier alpha value is -1.85. The number of piperidine rings is 1. The van der Waals surface area contributed by atoms with Crippen LogP contribution in [-0.2, 0) is 4.79 Å². The number of aromatic amines is 1. The number of halogens is 1. The number of hydrogen-bond acceptors (Lipinski definition) is 3. The lowest BCUT2D eigenvalue weighted by atomic mass is 9.92. The Morgan fingerprint density at radius 1 is 1.27 bits per heavy atom. The highest BCUT2D eigenvalue weighted by atomic mass is 35.5. The van der Waals surface area contributed by atoms with Crippen LogP contribution in [0.3, 0.4) is 0 Å². The summed E-state index contributed by atoms with van der Waals surface area (Å²) < 4.78 is 0. The van der Waals surface area contributed by atoms with Gasteiger partial charge in [0.1, 0.15) is 0 Å². The molecular formula is C16H21ClN4O. The number of aromatic nitrogens is 2. The van der Waals surface area contributed by atoms with Crippen molar-refractivity contribution >= 4 is 24.0 Å². The fraction of sp³-hybridized carbons (Fsp3) is 0.375. The van der Waals surface area contributed by atoms with Crippen LogP contribution < -0.4 is 10.6 Å². The van der Waals surface area contributed by atoms with Crippen molar-refractivity contribution in [2.45, 2.75) is 25.8 Å². The normalized spacial score (nSPS) is 21.0. The molecule has 2 aromatic rings. The average Bonchev–Trinajstić information content (AvgIpc) is 3.02. The van der Waals surface area contributed by atoms with Gasteiger partial charge in [-0.3, -0.25) is 9.89 Å². The van der Waals surface area contributed by atoms with Gasteiger partial charge in [0.05, 0.1) is 5.69 Å². The molecule has 0 aliphatic carbocycles. The zero-order chi connectivity index (χ0) is 14.7. The Labute approximate surface area is 136 Å². The van der Waals surface area contributed by atoms with Gasteiger partial charge in [-0.2, -0.15) is 5.10 Å². The van der Waals surface area contributed by atoms with Gasteiger partial charge in [-0.1, -0.05) is 12.1 Å². The summed E-state index contributed by atoms with van der Waals surface area (Å²) in [6.45, 7) is 3.04. The predicted molar refractivity (Wildman–Crippen MR) is 90.1 cm³/mol. The molecule has 0 spiro atoms. The number of carbonyl (C=O) groups is 1. The molecule has 1 amide bonds. The molecule has 1 saturated heterocycles. The number of hydrogen-bond donors (Lipinski definition) is 3. The summed E-state index contributed by atoms with van der Waals surface area (Å²) in [4.78, 5) is 12.3. The van der Waals surface area contributed by atoms with Crippen LogP contribution in [0.1, 0.15) is 19.8 Å². The highest BCUT2D eigenvalue weighted by molar-refractivity contribution is 5.92. The molecule has 1 fully saturated rings. The van der Waals surface area contributed by atoms with Gasteiger partial charge in [0.2, 0.25) is 5.91 Å². The maximum absolute atomic E-state index is 12.3. The minimum atomic E-state index is 0. The van der Waals surface area contributed by atoms with Gasteiger partial charge in [0.15, 0.2) is 0 Å². The lowest BCUT2D eigenvalue weighted by Crippen LogP contribution is -2.40. The smallest absolute Gasteiger partial charge is 0.227 e. The quantitative estimate of drug-likeness (QED) is 0.814. The first-order valence-electron chi connectivity index (χ1n) is 7.36. The van der Waals surface area contributed by atoms with Gasteiger partial charge in [0.25, 0.3) is 0 Å². The van der Waals surface area contributed by atoms with Crippen molar-refractivity contribution in [3.05, 3.63) is 36.5 Å². The SMILES string of the molecule is C[C@H]1C[C@@H](C(=O)Nc2ccc(-c3ccn[nH]3)cc2)CCN1.Cl. The lowest BCUT2D eigenvalue weighted by Gasteiger charge is -2.27. The van der Waals surface area contributed by atoms with Crippen molar-refractivity contribution in [1.82, 2.24) is 15.5 Å². The van der Waals surface area contributed by atoms with Crippen LogP contribution in [-0.4, -0.2) is 28.7 Å². The van der Waals surface area contributed by atoms with E-state index in [0.29, 0.717) is 6.04 Å². The maximum Gasteiger partial charge on any atom is 0.227 e. The van der Waals surface area contributed by atoms with Gasteiger partial charge < -0.3 is 10.6 Å². The van der Waals surface area contributed by atoms with Crippen molar-refractivity contribution in [1.29, 1.82) is 0 Å². The standard InChI is InChI=1S/C16H20N4O.ClH/c1-11-10-13(6-8-17-11)16(21)19-14-4-2-12(3-5-14)15-7-9-18-20-15;/h2-5,7,9,11,13,17H,6,8,10H2,1H3,(H,18,20)(H,19,21);1H/t11-,13-;/m0./s1. The van der Waals surface area contributed by atoms with E-state index in [9.17, 15) is 4.79 Å². The van der Waals surface area contributed by atoms with Crippen LogP contribution in [0.25, 0.3) is 11.3 Å². The van der Waals surface area contributed by atoms with Crippen LogP contribution in [0.4, 0.5) is 5.69 Å². The summed E-state index contributed by atoms with van der Waals surface area (Å²) in [6, 6.07) is 10.2. The molecule has 1 aliphatic heterocycles. The number of amides is 1. The molecule has 0 unspecified atom stereocenters. The van der Waals surface area contributed by atoms with Crippen molar-refractivity contribution in [2.24, 2.45) is 5.92 Å². The van der Waals surface area contributed by atoms with E-state index in [4.69, 9.17) is 0 Å². The second kappa shape index (κ2) is 7.42. The van der Waals surface area contributed by atoms with Crippen LogP contribution in [0.2, 0.25) is 0 Å². The first kappa shape index (κ1) is 16.5. The number of anilines is 1. The van der Waals surface area contributed by atoms with E-state index >= 15 is 0 Å². The molecule has 3 rings (SSSR count). The molecule has 5 nitrogen and oxygen atoms in total. The van der Waals surface area contributed by atoms with Crippen LogP contribution >= 0.6 is 12.4 Å². The number of nitrogens with one attached hydrogen (secondary N) is 3. The molecule has 0 saturated carbocycles. The summed E-state index contributed by atoms with van der Waals surface area (Å²) in [7, 11) is 0. The fourth-order valence-electron chi connectivity index (χ4n) is 2.76. The Bertz CT molecular complexity index is 597. The first-order chi connectivity index (χ1) is 10.2. The van der Waals surface area contributed by atoms with Gasteiger partial charge in [-0.25, -0.2) is 0 Å².